The van der Waals surface area contributed by atoms with Gasteiger partial charge in [-0.15, -0.1) is 0 Å². The summed E-state index contributed by atoms with van der Waals surface area (Å²) in [5, 5.41) is 0. The van der Waals surface area contributed by atoms with Crippen LogP contribution in [0.5, 0.6) is 0 Å². The lowest BCUT2D eigenvalue weighted by Crippen LogP contribution is -2.15. The standard InChI is InChI=1S/2C14H28O2.Al.H/c2*1-2-3-4-5-6-7-8-9-10-11-12-13-14(15)16;;/h2*2-13H2,1H3,(H,15,16);;/q;;+2;/p-2. The molecule has 0 N–H and O–H groups in total. The Hall–Kier alpha value is -0.528. The second kappa shape index (κ2) is 27.7. The van der Waals surface area contributed by atoms with E-state index in [1.165, 1.54) is 116 Å². The third-order valence-electron chi connectivity index (χ3n) is 6.41. The Morgan fingerprint density at radius 1 is 0.424 bits per heavy atom. The molecule has 0 unspecified atom stereocenters. The fraction of sp³-hybridized carbons (Fsp3) is 0.929. The molecule has 0 fully saturated rings. The van der Waals surface area contributed by atoms with Crippen LogP contribution in [0.4, 0.5) is 0 Å². The lowest BCUT2D eigenvalue weighted by atomic mass is 10.1. The third-order valence-corrected chi connectivity index (χ3v) is 7.29. The van der Waals surface area contributed by atoms with Crippen molar-refractivity contribution in [1.29, 1.82) is 0 Å². The minimum absolute atomic E-state index is 0.194. The highest BCUT2D eigenvalue weighted by molar-refractivity contribution is 6.25. The van der Waals surface area contributed by atoms with Gasteiger partial charge in [-0.25, -0.2) is 0 Å². The van der Waals surface area contributed by atoms with E-state index in [1.54, 1.807) is 0 Å². The summed E-state index contributed by atoms with van der Waals surface area (Å²) in [6.07, 6.45) is 28.8. The van der Waals surface area contributed by atoms with Crippen LogP contribution in [0.2, 0.25) is 0 Å². The van der Waals surface area contributed by atoms with Crippen LogP contribution in [-0.2, 0) is 17.2 Å². The molecule has 0 heterocycles. The summed E-state index contributed by atoms with van der Waals surface area (Å²) in [6, 6.07) is 0. The average molecular weight is 483 g/mol. The molecule has 0 atom stereocenters. The Balaban J connectivity index is 3.29. The monoisotopic (exact) mass is 482 g/mol. The molecular formula is C28H55AlO4. The van der Waals surface area contributed by atoms with Crippen LogP contribution in [0.1, 0.15) is 168 Å². The van der Waals surface area contributed by atoms with Crippen molar-refractivity contribution < 1.29 is 17.2 Å². The Bertz CT molecular complexity index is 390. The SMILES string of the molecule is CCCCCCCCCCCCCC(=O)[O][AlH][O]C(=O)CCCCCCCCCCCCC. The van der Waals surface area contributed by atoms with E-state index in [2.05, 4.69) is 13.8 Å². The maximum atomic E-state index is 11.8. The Kier molecular flexibility index (Phi) is 27.3. The van der Waals surface area contributed by atoms with Gasteiger partial charge in [0.15, 0.2) is 0 Å². The molecule has 194 valence electrons. The van der Waals surface area contributed by atoms with E-state index in [9.17, 15) is 9.59 Å². The van der Waals surface area contributed by atoms with Gasteiger partial charge in [-0.1, -0.05) is 142 Å². The largest absolute Gasteiger partial charge is 0.836 e. The van der Waals surface area contributed by atoms with Crippen molar-refractivity contribution in [1.82, 2.24) is 0 Å². The van der Waals surface area contributed by atoms with Crippen molar-refractivity contribution in [2.45, 2.75) is 168 Å². The maximum Gasteiger partial charge on any atom is 0.836 e. The van der Waals surface area contributed by atoms with E-state index in [-0.39, 0.29) is 11.9 Å². The summed E-state index contributed by atoms with van der Waals surface area (Å²) in [4.78, 5) is 23.5. The summed E-state index contributed by atoms with van der Waals surface area (Å²) in [5.74, 6) is -0.389. The van der Waals surface area contributed by atoms with Crippen molar-refractivity contribution in [3.63, 3.8) is 0 Å². The minimum atomic E-state index is -1.50. The first kappa shape index (κ1) is 32.5. The van der Waals surface area contributed by atoms with Gasteiger partial charge in [-0.05, 0) is 12.8 Å². The van der Waals surface area contributed by atoms with Crippen molar-refractivity contribution in [2.24, 2.45) is 0 Å². The van der Waals surface area contributed by atoms with E-state index < -0.39 is 15.9 Å². The van der Waals surface area contributed by atoms with Gasteiger partial charge in [0, 0.05) is 12.8 Å². The zero-order chi connectivity index (χ0) is 24.2. The smallest absolute Gasteiger partial charge is 0.588 e. The fourth-order valence-electron chi connectivity index (χ4n) is 4.17. The van der Waals surface area contributed by atoms with Crippen LogP contribution < -0.4 is 0 Å². The van der Waals surface area contributed by atoms with Crippen LogP contribution >= 0.6 is 0 Å². The van der Waals surface area contributed by atoms with Crippen molar-refractivity contribution in [3.8, 4) is 0 Å². The fourth-order valence-corrected chi connectivity index (χ4v) is 4.78. The van der Waals surface area contributed by atoms with E-state index in [1.807, 2.05) is 0 Å². The molecule has 0 aliphatic carbocycles. The molecule has 0 rings (SSSR count). The Morgan fingerprint density at radius 3 is 0.939 bits per heavy atom. The molecular weight excluding hydrogens is 427 g/mol. The molecule has 0 aliphatic rings. The highest BCUT2D eigenvalue weighted by Gasteiger charge is 2.12. The first-order valence-corrected chi connectivity index (χ1v) is 15.7. The van der Waals surface area contributed by atoms with Gasteiger partial charge in [0.1, 0.15) is 0 Å². The minimum Gasteiger partial charge on any atom is -0.588 e. The van der Waals surface area contributed by atoms with Gasteiger partial charge in [0.25, 0.3) is 11.9 Å². The number of hydrogen-bond donors (Lipinski definition) is 0. The van der Waals surface area contributed by atoms with Crippen LogP contribution in [0, 0.1) is 0 Å². The van der Waals surface area contributed by atoms with Gasteiger partial charge in [0.2, 0.25) is 0 Å². The van der Waals surface area contributed by atoms with E-state index in [0.29, 0.717) is 12.8 Å². The predicted molar refractivity (Wildman–Crippen MR) is 141 cm³/mol. The molecule has 0 amide bonds. The highest BCUT2D eigenvalue weighted by Crippen LogP contribution is 2.13. The van der Waals surface area contributed by atoms with Crippen molar-refractivity contribution in [2.75, 3.05) is 0 Å². The van der Waals surface area contributed by atoms with E-state index >= 15 is 0 Å². The summed E-state index contributed by atoms with van der Waals surface area (Å²) in [7, 11) is 0. The predicted octanol–water partition coefficient (Wildman–Crippen LogP) is 8.74. The summed E-state index contributed by atoms with van der Waals surface area (Å²) in [6.45, 7) is 4.51. The van der Waals surface area contributed by atoms with Crippen LogP contribution in [0.3, 0.4) is 0 Å². The Morgan fingerprint density at radius 2 is 0.667 bits per heavy atom. The maximum absolute atomic E-state index is 11.8. The molecule has 0 aliphatic heterocycles. The quantitative estimate of drug-likeness (QED) is 0.0913. The Labute approximate surface area is 212 Å². The molecule has 0 saturated heterocycles. The van der Waals surface area contributed by atoms with E-state index in [0.717, 1.165) is 25.7 Å². The summed E-state index contributed by atoms with van der Waals surface area (Å²) < 4.78 is 10.3. The van der Waals surface area contributed by atoms with Crippen LogP contribution in [-0.4, -0.2) is 27.8 Å². The number of carbonyl (C=O) groups is 2. The molecule has 4 nitrogen and oxygen atoms in total. The molecule has 0 radical (unpaired) electrons. The molecule has 0 aromatic carbocycles. The van der Waals surface area contributed by atoms with E-state index in [4.69, 9.17) is 7.58 Å². The zero-order valence-corrected chi connectivity index (χ0v) is 23.7. The molecule has 0 spiro atoms. The topological polar surface area (TPSA) is 52.6 Å². The van der Waals surface area contributed by atoms with Crippen molar-refractivity contribution >= 4 is 27.8 Å². The summed E-state index contributed by atoms with van der Waals surface area (Å²) in [5.41, 5.74) is 0. The zero-order valence-electron chi connectivity index (χ0n) is 22.3. The number of rotatable bonds is 26. The van der Waals surface area contributed by atoms with Crippen LogP contribution in [0.25, 0.3) is 0 Å². The van der Waals surface area contributed by atoms with Gasteiger partial charge in [0.05, 0.1) is 0 Å². The lowest BCUT2D eigenvalue weighted by molar-refractivity contribution is -0.139. The van der Waals surface area contributed by atoms with Gasteiger partial charge in [-0.2, -0.15) is 0 Å². The van der Waals surface area contributed by atoms with Gasteiger partial charge >= 0.3 is 15.9 Å². The lowest BCUT2D eigenvalue weighted by Gasteiger charge is -2.07. The molecule has 0 aromatic heterocycles. The molecule has 0 saturated carbocycles. The number of carbonyl (C=O) groups excluding carboxylic acids is 2. The third kappa shape index (κ3) is 27.6. The number of hydrogen-bond acceptors (Lipinski definition) is 4. The molecule has 0 bridgehead atoms. The summed E-state index contributed by atoms with van der Waals surface area (Å²) >= 11 is -1.50. The normalized spacial score (nSPS) is 10.8. The van der Waals surface area contributed by atoms with Gasteiger partial charge < -0.3 is 7.58 Å². The first-order valence-electron chi connectivity index (χ1n) is 14.5. The number of unbranched alkanes of at least 4 members (excludes halogenated alkanes) is 20. The second-order valence-electron chi connectivity index (χ2n) is 9.72. The van der Waals surface area contributed by atoms with Gasteiger partial charge in [-0.3, -0.25) is 9.59 Å². The molecule has 0 aromatic rings. The first-order chi connectivity index (χ1) is 16.2. The van der Waals surface area contributed by atoms with Crippen LogP contribution in [0.15, 0.2) is 0 Å². The average Bonchev–Trinajstić information content (AvgIpc) is 2.81. The molecule has 5 heteroatoms. The second-order valence-corrected chi connectivity index (χ2v) is 10.5. The highest BCUT2D eigenvalue weighted by atomic mass is 27.2. The molecule has 33 heavy (non-hydrogen) atoms. The van der Waals surface area contributed by atoms with Crippen molar-refractivity contribution in [3.05, 3.63) is 0 Å².